The van der Waals surface area contributed by atoms with Crippen molar-refractivity contribution in [1.82, 2.24) is 9.80 Å². The van der Waals surface area contributed by atoms with E-state index in [2.05, 4.69) is 0 Å². The molecule has 7 heteroatoms. The van der Waals surface area contributed by atoms with Crippen LogP contribution in [0.5, 0.6) is 17.2 Å². The maximum absolute atomic E-state index is 13.4. The van der Waals surface area contributed by atoms with Gasteiger partial charge in [0.05, 0.1) is 6.61 Å². The smallest absolute Gasteiger partial charge is 0.319 e. The lowest BCUT2D eigenvalue weighted by Crippen LogP contribution is -2.48. The van der Waals surface area contributed by atoms with Crippen molar-refractivity contribution in [1.29, 1.82) is 0 Å². The fraction of sp³-hybridized carbons (Fsp3) is 0.409. The fourth-order valence-corrected chi connectivity index (χ4v) is 3.98. The van der Waals surface area contributed by atoms with Gasteiger partial charge >= 0.3 is 6.03 Å². The van der Waals surface area contributed by atoms with Gasteiger partial charge < -0.3 is 24.0 Å². The summed E-state index contributed by atoms with van der Waals surface area (Å²) in [7, 11) is 3.51. The molecule has 2 aromatic carbocycles. The van der Waals surface area contributed by atoms with E-state index in [4.69, 9.17) is 14.2 Å². The summed E-state index contributed by atoms with van der Waals surface area (Å²) in [4.78, 5) is 15.9. The molecule has 0 saturated carbocycles. The highest BCUT2D eigenvalue weighted by atomic mass is 19.1. The van der Waals surface area contributed by atoms with Crippen molar-refractivity contribution < 1.29 is 23.4 Å². The molecule has 2 unspecified atom stereocenters. The number of halogens is 1. The van der Waals surface area contributed by atoms with E-state index in [0.29, 0.717) is 36.9 Å². The molecule has 154 valence electrons. The van der Waals surface area contributed by atoms with E-state index < -0.39 is 0 Å². The number of likely N-dealkylation sites (tertiary alicyclic amines) is 1. The van der Waals surface area contributed by atoms with Crippen LogP contribution in [0.2, 0.25) is 0 Å². The summed E-state index contributed by atoms with van der Waals surface area (Å²) in [6.07, 6.45) is 0.806. The molecule has 2 aliphatic heterocycles. The SMILES string of the molecule is CN(C)C(=O)N1CCC(c2ccc(F)cc2)C(COc2ccc3c(c2)OCO3)C1. The Kier molecular flexibility index (Phi) is 5.47. The van der Waals surface area contributed by atoms with Gasteiger partial charge in [-0.1, -0.05) is 12.1 Å². The van der Waals surface area contributed by atoms with E-state index in [1.165, 1.54) is 12.1 Å². The number of carbonyl (C=O) groups is 1. The number of nitrogens with zero attached hydrogens (tertiary/aromatic N) is 2. The second kappa shape index (κ2) is 8.19. The van der Waals surface area contributed by atoms with Gasteiger partial charge in [-0.25, -0.2) is 9.18 Å². The summed E-state index contributed by atoms with van der Waals surface area (Å²) in [5, 5.41) is 0. The Morgan fingerprint density at radius 2 is 1.93 bits per heavy atom. The molecule has 1 saturated heterocycles. The zero-order chi connectivity index (χ0) is 20.4. The Hall–Kier alpha value is -2.96. The highest BCUT2D eigenvalue weighted by molar-refractivity contribution is 5.74. The zero-order valence-electron chi connectivity index (χ0n) is 16.6. The lowest BCUT2D eigenvalue weighted by molar-refractivity contribution is 0.109. The first kappa shape index (κ1) is 19.4. The van der Waals surface area contributed by atoms with Gasteiger partial charge in [-0.05, 0) is 42.2 Å². The Morgan fingerprint density at radius 3 is 2.69 bits per heavy atom. The molecule has 0 aliphatic carbocycles. The maximum atomic E-state index is 13.4. The van der Waals surface area contributed by atoms with Gasteiger partial charge in [-0.3, -0.25) is 0 Å². The van der Waals surface area contributed by atoms with Crippen LogP contribution in [0, 0.1) is 11.7 Å². The average molecular weight is 400 g/mol. The van der Waals surface area contributed by atoms with Crippen molar-refractivity contribution in [2.75, 3.05) is 40.6 Å². The van der Waals surface area contributed by atoms with Crippen LogP contribution in [0.25, 0.3) is 0 Å². The van der Waals surface area contributed by atoms with Crippen molar-refractivity contribution in [3.05, 3.63) is 53.8 Å². The van der Waals surface area contributed by atoms with Crippen LogP contribution in [0.1, 0.15) is 17.9 Å². The Balaban J connectivity index is 1.50. The molecule has 4 rings (SSSR count). The van der Waals surface area contributed by atoms with Crippen LogP contribution >= 0.6 is 0 Å². The molecule has 0 aromatic heterocycles. The minimum absolute atomic E-state index is 0.00404. The molecular weight excluding hydrogens is 375 g/mol. The predicted molar refractivity (Wildman–Crippen MR) is 106 cm³/mol. The second-order valence-electron chi connectivity index (χ2n) is 7.66. The molecule has 6 nitrogen and oxygen atoms in total. The summed E-state index contributed by atoms with van der Waals surface area (Å²) in [5.41, 5.74) is 1.07. The minimum atomic E-state index is -0.248. The molecule has 2 heterocycles. The van der Waals surface area contributed by atoms with Crippen LogP contribution in [0.3, 0.4) is 0 Å². The molecule has 0 bridgehead atoms. The van der Waals surface area contributed by atoms with Crippen LogP contribution in [-0.2, 0) is 0 Å². The Labute approximate surface area is 169 Å². The van der Waals surface area contributed by atoms with Crippen molar-refractivity contribution in [2.24, 2.45) is 5.92 Å². The number of fused-ring (bicyclic) bond motifs is 1. The molecular formula is C22H25FN2O4. The van der Waals surface area contributed by atoms with E-state index in [1.807, 2.05) is 35.2 Å². The van der Waals surface area contributed by atoms with Gasteiger partial charge in [-0.15, -0.1) is 0 Å². The highest BCUT2D eigenvalue weighted by Gasteiger charge is 2.33. The lowest BCUT2D eigenvalue weighted by atomic mass is 9.81. The summed E-state index contributed by atoms with van der Waals surface area (Å²) >= 11 is 0. The fourth-order valence-electron chi connectivity index (χ4n) is 3.98. The molecule has 2 aliphatic rings. The molecule has 29 heavy (non-hydrogen) atoms. The first-order chi connectivity index (χ1) is 14.0. The van der Waals surface area contributed by atoms with Gasteiger partial charge in [0.2, 0.25) is 6.79 Å². The maximum Gasteiger partial charge on any atom is 0.319 e. The second-order valence-corrected chi connectivity index (χ2v) is 7.66. The van der Waals surface area contributed by atoms with Crippen molar-refractivity contribution in [3.63, 3.8) is 0 Å². The van der Waals surface area contributed by atoms with Gasteiger partial charge in [0, 0.05) is 39.2 Å². The molecule has 2 atom stereocenters. The van der Waals surface area contributed by atoms with Crippen molar-refractivity contribution in [2.45, 2.75) is 12.3 Å². The third kappa shape index (κ3) is 4.23. The van der Waals surface area contributed by atoms with Crippen molar-refractivity contribution >= 4 is 6.03 Å². The van der Waals surface area contributed by atoms with Crippen LogP contribution < -0.4 is 14.2 Å². The normalized spacial score (nSPS) is 20.4. The number of ether oxygens (including phenoxy) is 3. The third-order valence-electron chi connectivity index (χ3n) is 5.49. The van der Waals surface area contributed by atoms with Gasteiger partial charge in [0.1, 0.15) is 11.6 Å². The topological polar surface area (TPSA) is 51.2 Å². The molecule has 2 aromatic rings. The number of hydrogen-bond donors (Lipinski definition) is 0. The standard InChI is InChI=1S/C22H25FN2O4/c1-24(2)22(26)25-10-9-19(15-3-5-17(23)6-4-15)16(12-25)13-27-18-7-8-20-21(11-18)29-14-28-20/h3-8,11,16,19H,9-10,12-14H2,1-2H3. The Morgan fingerprint density at radius 1 is 1.17 bits per heavy atom. The quantitative estimate of drug-likeness (QED) is 0.785. The molecule has 1 fully saturated rings. The summed E-state index contributed by atoms with van der Waals surface area (Å²) in [6.45, 7) is 1.91. The molecule has 0 radical (unpaired) electrons. The number of benzene rings is 2. The first-order valence-electron chi connectivity index (χ1n) is 9.75. The zero-order valence-corrected chi connectivity index (χ0v) is 16.6. The van der Waals surface area contributed by atoms with E-state index in [1.54, 1.807) is 19.0 Å². The van der Waals surface area contributed by atoms with Crippen LogP contribution in [0.15, 0.2) is 42.5 Å². The summed E-state index contributed by atoms with van der Waals surface area (Å²) in [6, 6.07) is 12.1. The summed E-state index contributed by atoms with van der Waals surface area (Å²) < 4.78 is 30.2. The van der Waals surface area contributed by atoms with Gasteiger partial charge in [-0.2, -0.15) is 0 Å². The largest absolute Gasteiger partial charge is 0.493 e. The number of urea groups is 1. The molecule has 2 amide bonds. The predicted octanol–water partition coefficient (Wildman–Crippen LogP) is 3.72. The number of amides is 2. The number of piperidine rings is 1. The van der Waals surface area contributed by atoms with Crippen LogP contribution in [-0.4, -0.2) is 56.4 Å². The van der Waals surface area contributed by atoms with E-state index in [0.717, 1.165) is 12.0 Å². The number of rotatable bonds is 4. The van der Waals surface area contributed by atoms with E-state index in [9.17, 15) is 9.18 Å². The highest BCUT2D eigenvalue weighted by Crippen LogP contribution is 2.37. The third-order valence-corrected chi connectivity index (χ3v) is 5.49. The molecule has 0 N–H and O–H groups in total. The monoisotopic (exact) mass is 400 g/mol. The lowest BCUT2D eigenvalue weighted by Gasteiger charge is -2.39. The minimum Gasteiger partial charge on any atom is -0.493 e. The number of carbonyl (C=O) groups excluding carboxylic acids is 1. The van der Waals surface area contributed by atoms with Crippen molar-refractivity contribution in [3.8, 4) is 17.2 Å². The average Bonchev–Trinajstić information content (AvgIpc) is 3.20. The van der Waals surface area contributed by atoms with Gasteiger partial charge in [0.15, 0.2) is 11.5 Å². The van der Waals surface area contributed by atoms with Crippen LogP contribution in [0.4, 0.5) is 9.18 Å². The number of hydrogen-bond acceptors (Lipinski definition) is 4. The van der Waals surface area contributed by atoms with Gasteiger partial charge in [0.25, 0.3) is 0 Å². The van der Waals surface area contributed by atoms with E-state index in [-0.39, 0.29) is 30.5 Å². The molecule has 0 spiro atoms. The summed E-state index contributed by atoms with van der Waals surface area (Å²) in [5.74, 6) is 2.11. The Bertz CT molecular complexity index is 872. The van der Waals surface area contributed by atoms with E-state index >= 15 is 0 Å². The first-order valence-corrected chi connectivity index (χ1v) is 9.75.